The predicted octanol–water partition coefficient (Wildman–Crippen LogP) is 5.33. The van der Waals surface area contributed by atoms with Crippen LogP contribution in [0, 0.1) is 0 Å². The molecular weight excluding hydrogens is 446 g/mol. The number of hydrogen-bond donors (Lipinski definition) is 2. The van der Waals surface area contributed by atoms with Crippen molar-refractivity contribution in [1.82, 2.24) is 10.3 Å². The molecule has 0 unspecified atom stereocenters. The minimum Gasteiger partial charge on any atom is -0.496 e. The molecule has 180 valence electrons. The summed E-state index contributed by atoms with van der Waals surface area (Å²) in [5.74, 6) is 0.627. The lowest BCUT2D eigenvalue weighted by atomic mass is 10.1. The molecule has 0 spiro atoms. The summed E-state index contributed by atoms with van der Waals surface area (Å²) in [6.45, 7) is 4.85. The lowest BCUT2D eigenvalue weighted by Crippen LogP contribution is -2.35. The second kappa shape index (κ2) is 12.1. The highest BCUT2D eigenvalue weighted by Crippen LogP contribution is 2.33. The number of ether oxygens (including phenoxy) is 2. The van der Waals surface area contributed by atoms with E-state index in [1.165, 1.54) is 22.5 Å². The number of aryl methyl sites for hydroxylation is 2. The van der Waals surface area contributed by atoms with Crippen molar-refractivity contribution < 1.29 is 14.3 Å². The van der Waals surface area contributed by atoms with Crippen LogP contribution in [0.4, 0.5) is 5.13 Å². The maximum atomic E-state index is 12.7. The van der Waals surface area contributed by atoms with E-state index in [0.29, 0.717) is 16.7 Å². The molecule has 2 aromatic carbocycles. The molecule has 1 amide bonds. The quantitative estimate of drug-likeness (QED) is 0.384. The van der Waals surface area contributed by atoms with Crippen LogP contribution in [0.15, 0.2) is 47.8 Å². The zero-order valence-electron chi connectivity index (χ0n) is 19.9. The fourth-order valence-electron chi connectivity index (χ4n) is 4.12. The summed E-state index contributed by atoms with van der Waals surface area (Å²) in [6, 6.07) is 14.6. The summed E-state index contributed by atoms with van der Waals surface area (Å²) in [7, 11) is 1.66. The van der Waals surface area contributed by atoms with Gasteiger partial charge in [-0.3, -0.25) is 10.1 Å². The molecule has 6 nitrogen and oxygen atoms in total. The van der Waals surface area contributed by atoms with Crippen molar-refractivity contribution in [2.45, 2.75) is 45.1 Å². The van der Waals surface area contributed by atoms with E-state index < -0.39 is 0 Å². The number of anilines is 1. The van der Waals surface area contributed by atoms with Crippen molar-refractivity contribution in [3.8, 4) is 17.0 Å². The highest BCUT2D eigenvalue weighted by molar-refractivity contribution is 7.14. The number of methoxy groups -OCH3 is 1. The molecule has 2 heterocycles. The molecule has 0 saturated carbocycles. The Bertz CT molecular complexity index is 1070. The van der Waals surface area contributed by atoms with Gasteiger partial charge in [0.1, 0.15) is 5.75 Å². The number of benzene rings is 2. The predicted molar refractivity (Wildman–Crippen MR) is 138 cm³/mol. The topological polar surface area (TPSA) is 72.5 Å². The number of nitrogens with zero attached hydrogens (tertiary/aromatic N) is 1. The first-order valence-corrected chi connectivity index (χ1v) is 12.9. The van der Waals surface area contributed by atoms with Crippen molar-refractivity contribution in [3.05, 3.63) is 64.5 Å². The monoisotopic (exact) mass is 479 g/mol. The Labute approximate surface area is 205 Å². The van der Waals surface area contributed by atoms with E-state index in [9.17, 15) is 4.79 Å². The van der Waals surface area contributed by atoms with Crippen molar-refractivity contribution in [1.29, 1.82) is 0 Å². The summed E-state index contributed by atoms with van der Waals surface area (Å²) in [5, 5.41) is 9.07. The van der Waals surface area contributed by atoms with E-state index in [4.69, 9.17) is 9.47 Å². The van der Waals surface area contributed by atoms with E-state index in [-0.39, 0.29) is 5.91 Å². The van der Waals surface area contributed by atoms with Crippen LogP contribution in [0.25, 0.3) is 11.3 Å². The van der Waals surface area contributed by atoms with Gasteiger partial charge in [0.25, 0.3) is 5.91 Å². The van der Waals surface area contributed by atoms with Crippen molar-refractivity contribution in [2.75, 3.05) is 32.2 Å². The van der Waals surface area contributed by atoms with Gasteiger partial charge in [-0.15, -0.1) is 11.3 Å². The third-order valence-electron chi connectivity index (χ3n) is 6.19. The number of hydrogen-bond acceptors (Lipinski definition) is 6. The van der Waals surface area contributed by atoms with Crippen LogP contribution >= 0.6 is 11.3 Å². The molecule has 3 aromatic rings. The summed E-state index contributed by atoms with van der Waals surface area (Å²) >= 11 is 1.42. The van der Waals surface area contributed by atoms with Crippen LogP contribution in [0.1, 0.15) is 47.7 Å². The summed E-state index contributed by atoms with van der Waals surface area (Å²) in [5.41, 5.74) is 4.83. The second-order valence-corrected chi connectivity index (χ2v) is 9.38. The van der Waals surface area contributed by atoms with E-state index in [0.717, 1.165) is 68.9 Å². The van der Waals surface area contributed by atoms with E-state index in [1.807, 2.05) is 35.7 Å². The Morgan fingerprint density at radius 1 is 1.15 bits per heavy atom. The van der Waals surface area contributed by atoms with Crippen molar-refractivity contribution in [3.63, 3.8) is 0 Å². The van der Waals surface area contributed by atoms with Gasteiger partial charge in [-0.2, -0.15) is 0 Å². The average Bonchev–Trinajstić information content (AvgIpc) is 3.35. The van der Waals surface area contributed by atoms with Gasteiger partial charge < -0.3 is 14.8 Å². The van der Waals surface area contributed by atoms with Gasteiger partial charge in [-0.05, 0) is 74.0 Å². The molecule has 1 aliphatic rings. The van der Waals surface area contributed by atoms with Crippen LogP contribution in [0.3, 0.4) is 0 Å². The molecule has 7 heteroatoms. The molecule has 0 bridgehead atoms. The lowest BCUT2D eigenvalue weighted by molar-refractivity contribution is 0.0780. The van der Waals surface area contributed by atoms with Gasteiger partial charge in [0.2, 0.25) is 0 Å². The molecule has 4 rings (SSSR count). The largest absolute Gasteiger partial charge is 0.496 e. The van der Waals surface area contributed by atoms with Gasteiger partial charge in [-0.1, -0.05) is 25.1 Å². The summed E-state index contributed by atoms with van der Waals surface area (Å²) in [4.78, 5) is 17.4. The van der Waals surface area contributed by atoms with Gasteiger partial charge in [-0.25, -0.2) is 4.98 Å². The maximum Gasteiger partial charge on any atom is 0.257 e. The lowest BCUT2D eigenvalue weighted by Gasteiger charge is -2.23. The van der Waals surface area contributed by atoms with Gasteiger partial charge in [0.05, 0.1) is 12.8 Å². The molecular formula is C27H33N3O3S. The molecule has 1 aliphatic heterocycles. The van der Waals surface area contributed by atoms with Gasteiger partial charge >= 0.3 is 0 Å². The van der Waals surface area contributed by atoms with Crippen molar-refractivity contribution in [2.24, 2.45) is 0 Å². The Kier molecular flexibility index (Phi) is 8.68. The molecule has 1 fully saturated rings. The Hall–Kier alpha value is -2.74. The molecule has 34 heavy (non-hydrogen) atoms. The maximum absolute atomic E-state index is 12.7. The third-order valence-corrected chi connectivity index (χ3v) is 6.94. The van der Waals surface area contributed by atoms with Crippen LogP contribution < -0.4 is 15.4 Å². The standard InChI is InChI=1S/C27H33N3O3S/c1-3-19-8-11-25(32-2)23(17-19)24-18-34-27(29-24)30-26(31)21-9-6-20(7-10-21)5-4-14-28-22-12-15-33-16-13-22/h6-11,17-18,22,28H,3-5,12-16H2,1-2H3,(H,29,30,31). The number of amides is 1. The Morgan fingerprint density at radius 2 is 1.91 bits per heavy atom. The van der Waals surface area contributed by atoms with E-state index >= 15 is 0 Å². The Morgan fingerprint density at radius 3 is 2.65 bits per heavy atom. The van der Waals surface area contributed by atoms with Crippen LogP contribution in [-0.2, 0) is 17.6 Å². The zero-order chi connectivity index (χ0) is 23.8. The Balaban J connectivity index is 1.30. The number of carbonyl (C=O) groups is 1. The van der Waals surface area contributed by atoms with Crippen LogP contribution in [0.2, 0.25) is 0 Å². The first kappa shape index (κ1) is 24.4. The van der Waals surface area contributed by atoms with Gasteiger partial charge in [0, 0.05) is 35.8 Å². The number of nitrogens with one attached hydrogen (secondary N) is 2. The molecule has 1 saturated heterocycles. The minimum absolute atomic E-state index is 0.150. The average molecular weight is 480 g/mol. The van der Waals surface area contributed by atoms with Crippen LogP contribution in [-0.4, -0.2) is 43.8 Å². The van der Waals surface area contributed by atoms with Crippen molar-refractivity contribution >= 4 is 22.4 Å². The molecule has 0 radical (unpaired) electrons. The molecule has 1 aromatic heterocycles. The second-order valence-electron chi connectivity index (χ2n) is 8.52. The molecule has 0 atom stereocenters. The number of aromatic nitrogens is 1. The SMILES string of the molecule is CCc1ccc(OC)c(-c2csc(NC(=O)c3ccc(CCCNC4CCOCC4)cc3)n2)c1. The number of thiazole rings is 1. The zero-order valence-corrected chi connectivity index (χ0v) is 20.7. The highest BCUT2D eigenvalue weighted by atomic mass is 32.1. The van der Waals surface area contributed by atoms with Crippen LogP contribution in [0.5, 0.6) is 5.75 Å². The number of rotatable bonds is 10. The molecule has 2 N–H and O–H groups in total. The number of carbonyl (C=O) groups excluding carboxylic acids is 1. The minimum atomic E-state index is -0.150. The third kappa shape index (κ3) is 6.44. The first-order chi connectivity index (χ1) is 16.7. The van der Waals surface area contributed by atoms with Gasteiger partial charge in [0.15, 0.2) is 5.13 Å². The highest BCUT2D eigenvalue weighted by Gasteiger charge is 2.14. The fourth-order valence-corrected chi connectivity index (χ4v) is 4.83. The summed E-state index contributed by atoms with van der Waals surface area (Å²) < 4.78 is 10.9. The fraction of sp³-hybridized carbons (Fsp3) is 0.407. The first-order valence-electron chi connectivity index (χ1n) is 12.0. The summed E-state index contributed by atoms with van der Waals surface area (Å²) in [6.07, 6.45) is 5.21. The van der Waals surface area contributed by atoms with E-state index in [2.05, 4.69) is 34.7 Å². The normalized spacial score (nSPS) is 14.2. The van der Waals surface area contributed by atoms with E-state index in [1.54, 1.807) is 7.11 Å². The smallest absolute Gasteiger partial charge is 0.257 e. The molecule has 0 aliphatic carbocycles.